The van der Waals surface area contributed by atoms with Gasteiger partial charge in [-0.25, -0.2) is 4.79 Å². The van der Waals surface area contributed by atoms with E-state index in [-0.39, 0.29) is 24.5 Å². The molecule has 5 nitrogen and oxygen atoms in total. The molecule has 39 heavy (non-hydrogen) atoms. The van der Waals surface area contributed by atoms with Crippen molar-refractivity contribution in [2.75, 3.05) is 14.2 Å². The summed E-state index contributed by atoms with van der Waals surface area (Å²) < 4.78 is 64.7. The number of hydrogen-bond donors (Lipinski definition) is 0. The Hall–Kier alpha value is -3.62. The molecular weight excluding hydrogens is 509 g/mol. The van der Waals surface area contributed by atoms with E-state index in [1.807, 2.05) is 54.6 Å². The SMILES string of the molecule is C=CC[C@@H](CC[C@H](OCc1ccc(OC)cc1)c1ccccc1)OC(=O)[C@](OC)(c1ccccc1)C(F)(F)F. The van der Waals surface area contributed by atoms with E-state index in [0.717, 1.165) is 24.0 Å². The molecule has 0 radical (unpaired) electrons. The minimum absolute atomic E-state index is 0.165. The molecule has 3 aromatic rings. The molecular formula is C31H33F3O5. The molecule has 0 aliphatic heterocycles. The fraction of sp³-hybridized carbons (Fsp3) is 0.323. The lowest BCUT2D eigenvalue weighted by Gasteiger charge is -2.34. The first-order valence-electron chi connectivity index (χ1n) is 12.5. The van der Waals surface area contributed by atoms with E-state index in [2.05, 4.69) is 6.58 Å². The number of methoxy groups -OCH3 is 2. The third-order valence-electron chi connectivity index (χ3n) is 6.41. The molecule has 0 amide bonds. The van der Waals surface area contributed by atoms with Crippen molar-refractivity contribution >= 4 is 5.97 Å². The highest BCUT2D eigenvalue weighted by Crippen LogP contribution is 2.43. The number of hydrogen-bond acceptors (Lipinski definition) is 5. The number of carbonyl (C=O) groups is 1. The zero-order valence-electron chi connectivity index (χ0n) is 22.0. The van der Waals surface area contributed by atoms with E-state index in [9.17, 15) is 18.0 Å². The monoisotopic (exact) mass is 542 g/mol. The van der Waals surface area contributed by atoms with Crippen molar-refractivity contribution in [3.05, 3.63) is 114 Å². The maximum atomic E-state index is 14.3. The number of benzene rings is 3. The minimum atomic E-state index is -5.05. The standard InChI is InChI=1S/C31H33F3O5/c1-4-11-27(39-29(35)30(37-3,31(32,33)34)25-14-9-6-10-15-25)20-21-28(24-12-7-5-8-13-24)38-22-23-16-18-26(36-2)19-17-23/h4-10,12-19,27-28H,1,11,20-22H2,2-3H3/t27-,28-,30+/m0/s1. The lowest BCUT2D eigenvalue weighted by molar-refractivity contribution is -0.278. The van der Waals surface area contributed by atoms with Gasteiger partial charge in [-0.3, -0.25) is 0 Å². The highest BCUT2D eigenvalue weighted by atomic mass is 19.4. The molecule has 8 heteroatoms. The van der Waals surface area contributed by atoms with Gasteiger partial charge >= 0.3 is 12.1 Å². The van der Waals surface area contributed by atoms with Crippen LogP contribution in [0.4, 0.5) is 13.2 Å². The number of halogens is 3. The molecule has 0 heterocycles. The van der Waals surface area contributed by atoms with Gasteiger partial charge in [0, 0.05) is 19.1 Å². The molecule has 3 atom stereocenters. The van der Waals surface area contributed by atoms with Gasteiger partial charge in [0.1, 0.15) is 11.9 Å². The van der Waals surface area contributed by atoms with Crippen LogP contribution >= 0.6 is 0 Å². The average Bonchev–Trinajstić information content (AvgIpc) is 2.94. The number of rotatable bonds is 14. The highest BCUT2D eigenvalue weighted by Gasteiger charge is 2.64. The van der Waals surface area contributed by atoms with Crippen molar-refractivity contribution < 1.29 is 36.9 Å². The zero-order chi connectivity index (χ0) is 28.3. The first kappa shape index (κ1) is 29.9. The van der Waals surface area contributed by atoms with Gasteiger partial charge in [-0.05, 0) is 36.1 Å². The van der Waals surface area contributed by atoms with Crippen LogP contribution in [0.1, 0.15) is 42.1 Å². The lowest BCUT2D eigenvalue weighted by atomic mass is 9.92. The number of alkyl halides is 3. The van der Waals surface area contributed by atoms with Gasteiger partial charge in [0.25, 0.3) is 5.60 Å². The predicted molar refractivity (Wildman–Crippen MR) is 142 cm³/mol. The summed E-state index contributed by atoms with van der Waals surface area (Å²) >= 11 is 0. The van der Waals surface area contributed by atoms with Crippen LogP contribution in [0, 0.1) is 0 Å². The molecule has 0 aliphatic rings. The zero-order valence-corrected chi connectivity index (χ0v) is 22.0. The normalized spacial score (nSPS) is 14.6. The smallest absolute Gasteiger partial charge is 0.432 e. The van der Waals surface area contributed by atoms with Gasteiger partial charge in [-0.1, -0.05) is 78.9 Å². The molecule has 0 spiro atoms. The average molecular weight is 543 g/mol. The summed E-state index contributed by atoms with van der Waals surface area (Å²) in [6.07, 6.45) is -3.99. The van der Waals surface area contributed by atoms with Crippen molar-refractivity contribution in [2.24, 2.45) is 0 Å². The van der Waals surface area contributed by atoms with E-state index in [4.69, 9.17) is 18.9 Å². The topological polar surface area (TPSA) is 54.0 Å². The summed E-state index contributed by atoms with van der Waals surface area (Å²) in [6, 6.07) is 23.7. The molecule has 0 bridgehead atoms. The molecule has 0 aliphatic carbocycles. The Bertz CT molecular complexity index is 1170. The highest BCUT2D eigenvalue weighted by molar-refractivity contribution is 5.82. The van der Waals surface area contributed by atoms with Crippen LogP contribution in [0.2, 0.25) is 0 Å². The minimum Gasteiger partial charge on any atom is -0.497 e. The van der Waals surface area contributed by atoms with Crippen LogP contribution in [-0.4, -0.2) is 32.5 Å². The van der Waals surface area contributed by atoms with E-state index in [1.54, 1.807) is 13.2 Å². The second-order valence-corrected chi connectivity index (χ2v) is 8.94. The van der Waals surface area contributed by atoms with Gasteiger partial charge in [-0.15, -0.1) is 6.58 Å². The Morgan fingerprint density at radius 2 is 1.51 bits per heavy atom. The predicted octanol–water partition coefficient (Wildman–Crippen LogP) is 7.33. The Kier molecular flexibility index (Phi) is 10.7. The first-order valence-corrected chi connectivity index (χ1v) is 12.5. The number of carbonyl (C=O) groups excluding carboxylic acids is 1. The maximum absolute atomic E-state index is 14.3. The number of esters is 1. The summed E-state index contributed by atoms with van der Waals surface area (Å²) in [5.41, 5.74) is -1.77. The second-order valence-electron chi connectivity index (χ2n) is 8.94. The van der Waals surface area contributed by atoms with Crippen LogP contribution in [0.15, 0.2) is 97.6 Å². The van der Waals surface area contributed by atoms with Crippen LogP contribution in [0.25, 0.3) is 0 Å². The maximum Gasteiger partial charge on any atom is 0.432 e. The van der Waals surface area contributed by atoms with Gasteiger partial charge in [0.05, 0.1) is 19.8 Å². The lowest BCUT2D eigenvalue weighted by Crippen LogP contribution is -2.52. The van der Waals surface area contributed by atoms with Gasteiger partial charge in [0.2, 0.25) is 0 Å². The summed E-state index contributed by atoms with van der Waals surface area (Å²) in [5, 5.41) is 0. The third kappa shape index (κ3) is 7.49. The van der Waals surface area contributed by atoms with E-state index in [0.29, 0.717) is 13.0 Å². The Balaban J connectivity index is 1.78. The van der Waals surface area contributed by atoms with Crippen LogP contribution < -0.4 is 4.74 Å². The quantitative estimate of drug-likeness (QED) is 0.158. The number of ether oxygens (including phenoxy) is 4. The van der Waals surface area contributed by atoms with E-state index < -0.39 is 23.9 Å². The fourth-order valence-corrected chi connectivity index (χ4v) is 4.30. The largest absolute Gasteiger partial charge is 0.497 e. The molecule has 3 rings (SSSR count). The van der Waals surface area contributed by atoms with Crippen molar-refractivity contribution in [3.63, 3.8) is 0 Å². The summed E-state index contributed by atoms with van der Waals surface area (Å²) in [5.74, 6) is -0.792. The third-order valence-corrected chi connectivity index (χ3v) is 6.41. The van der Waals surface area contributed by atoms with E-state index >= 15 is 0 Å². The second kappa shape index (κ2) is 14.0. The Morgan fingerprint density at radius 1 is 0.897 bits per heavy atom. The van der Waals surface area contributed by atoms with Crippen LogP contribution in [0.5, 0.6) is 5.75 Å². The molecule has 3 aromatic carbocycles. The Morgan fingerprint density at radius 3 is 2.05 bits per heavy atom. The molecule has 0 saturated heterocycles. The summed E-state index contributed by atoms with van der Waals surface area (Å²) in [4.78, 5) is 13.2. The molecule has 0 unspecified atom stereocenters. The van der Waals surface area contributed by atoms with Crippen molar-refractivity contribution in [1.29, 1.82) is 0 Å². The van der Waals surface area contributed by atoms with Gasteiger partial charge in [0.15, 0.2) is 0 Å². The van der Waals surface area contributed by atoms with Gasteiger partial charge < -0.3 is 18.9 Å². The van der Waals surface area contributed by atoms with Gasteiger partial charge in [-0.2, -0.15) is 13.2 Å². The molecule has 0 aromatic heterocycles. The molecule has 208 valence electrons. The van der Waals surface area contributed by atoms with Crippen LogP contribution in [-0.2, 0) is 31.2 Å². The van der Waals surface area contributed by atoms with Crippen LogP contribution in [0.3, 0.4) is 0 Å². The summed E-state index contributed by atoms with van der Waals surface area (Å²) in [6.45, 7) is 4.00. The first-order chi connectivity index (χ1) is 18.7. The van der Waals surface area contributed by atoms with Crippen molar-refractivity contribution in [3.8, 4) is 5.75 Å². The van der Waals surface area contributed by atoms with E-state index in [1.165, 1.54) is 30.3 Å². The molecule has 0 saturated carbocycles. The molecule has 0 fully saturated rings. The molecule has 0 N–H and O–H groups in total. The fourth-order valence-electron chi connectivity index (χ4n) is 4.30. The van der Waals surface area contributed by atoms with Crippen molar-refractivity contribution in [1.82, 2.24) is 0 Å². The Labute approximate surface area is 227 Å². The van der Waals surface area contributed by atoms with Crippen molar-refractivity contribution in [2.45, 2.75) is 49.9 Å². The summed E-state index contributed by atoms with van der Waals surface area (Å²) in [7, 11) is 2.44.